The van der Waals surface area contributed by atoms with Crippen LogP contribution in [0.25, 0.3) is 0 Å². The molecule has 0 aliphatic carbocycles. The summed E-state index contributed by atoms with van der Waals surface area (Å²) in [7, 11) is 1.45. The van der Waals surface area contributed by atoms with Crippen molar-refractivity contribution in [3.8, 4) is 0 Å². The van der Waals surface area contributed by atoms with Crippen LogP contribution >= 0.6 is 0 Å². The van der Waals surface area contributed by atoms with E-state index in [1.165, 1.54) is 7.11 Å². The lowest BCUT2D eigenvalue weighted by Gasteiger charge is -2.30. The van der Waals surface area contributed by atoms with Crippen LogP contribution < -0.4 is 5.32 Å². The van der Waals surface area contributed by atoms with Gasteiger partial charge in [0.25, 0.3) is 0 Å². The summed E-state index contributed by atoms with van der Waals surface area (Å²) in [4.78, 5) is 11.7. The van der Waals surface area contributed by atoms with E-state index in [-0.39, 0.29) is 5.97 Å². The molecule has 0 saturated carbocycles. The van der Waals surface area contributed by atoms with E-state index in [1.54, 1.807) is 0 Å². The van der Waals surface area contributed by atoms with Crippen molar-refractivity contribution >= 4 is 5.97 Å². The van der Waals surface area contributed by atoms with Crippen LogP contribution in [-0.4, -0.2) is 25.2 Å². The SMILES string of the molecule is CCCNC(CC)(CCC)C(=O)OC. The summed E-state index contributed by atoms with van der Waals surface area (Å²) in [5, 5.41) is 3.31. The lowest BCUT2D eigenvalue weighted by Crippen LogP contribution is -2.52. The Balaban J connectivity index is 4.50. The van der Waals surface area contributed by atoms with Gasteiger partial charge in [-0.05, 0) is 25.8 Å². The molecule has 0 fully saturated rings. The Morgan fingerprint density at radius 2 is 1.93 bits per heavy atom. The van der Waals surface area contributed by atoms with Crippen LogP contribution in [0.3, 0.4) is 0 Å². The van der Waals surface area contributed by atoms with E-state index in [4.69, 9.17) is 4.74 Å². The van der Waals surface area contributed by atoms with Gasteiger partial charge in [-0.2, -0.15) is 0 Å². The van der Waals surface area contributed by atoms with Crippen LogP contribution in [0.15, 0.2) is 0 Å². The summed E-state index contributed by atoms with van der Waals surface area (Å²) in [6.07, 6.45) is 3.64. The third-order valence-electron chi connectivity index (χ3n) is 2.57. The average molecular weight is 201 g/mol. The van der Waals surface area contributed by atoms with Gasteiger partial charge in [-0.3, -0.25) is 4.79 Å². The van der Waals surface area contributed by atoms with Gasteiger partial charge in [0, 0.05) is 0 Å². The maximum Gasteiger partial charge on any atom is 0.326 e. The molecule has 0 rings (SSSR count). The first-order valence-corrected chi connectivity index (χ1v) is 5.50. The molecule has 0 spiro atoms. The molecular formula is C11H23NO2. The molecule has 1 atom stereocenters. The van der Waals surface area contributed by atoms with E-state index in [0.29, 0.717) is 0 Å². The number of methoxy groups -OCH3 is 1. The maximum atomic E-state index is 11.7. The quantitative estimate of drug-likeness (QED) is 0.641. The zero-order chi connectivity index (χ0) is 11.0. The van der Waals surface area contributed by atoms with Crippen molar-refractivity contribution in [1.82, 2.24) is 5.32 Å². The average Bonchev–Trinajstić information content (AvgIpc) is 2.23. The van der Waals surface area contributed by atoms with Crippen molar-refractivity contribution in [1.29, 1.82) is 0 Å². The van der Waals surface area contributed by atoms with Gasteiger partial charge in [0.05, 0.1) is 7.11 Å². The first kappa shape index (κ1) is 13.4. The molecule has 84 valence electrons. The number of esters is 1. The lowest BCUT2D eigenvalue weighted by atomic mass is 9.90. The van der Waals surface area contributed by atoms with Gasteiger partial charge in [0.15, 0.2) is 0 Å². The second kappa shape index (κ2) is 6.82. The minimum Gasteiger partial charge on any atom is -0.468 e. The third-order valence-corrected chi connectivity index (χ3v) is 2.57. The molecule has 0 bridgehead atoms. The first-order chi connectivity index (χ1) is 6.66. The highest BCUT2D eigenvalue weighted by atomic mass is 16.5. The zero-order valence-corrected chi connectivity index (χ0v) is 9.85. The van der Waals surface area contributed by atoms with Gasteiger partial charge < -0.3 is 10.1 Å². The van der Waals surface area contributed by atoms with Crippen molar-refractivity contribution < 1.29 is 9.53 Å². The molecule has 1 unspecified atom stereocenters. The molecule has 1 N–H and O–H groups in total. The van der Waals surface area contributed by atoms with Crippen LogP contribution in [0.2, 0.25) is 0 Å². The van der Waals surface area contributed by atoms with E-state index in [9.17, 15) is 4.79 Å². The molecule has 0 saturated heterocycles. The molecule has 0 aliphatic rings. The van der Waals surface area contributed by atoms with Crippen molar-refractivity contribution in [2.75, 3.05) is 13.7 Å². The molecule has 14 heavy (non-hydrogen) atoms. The lowest BCUT2D eigenvalue weighted by molar-refractivity contribution is -0.149. The number of hydrogen-bond acceptors (Lipinski definition) is 3. The van der Waals surface area contributed by atoms with Crippen LogP contribution in [-0.2, 0) is 9.53 Å². The van der Waals surface area contributed by atoms with Crippen molar-refractivity contribution in [2.24, 2.45) is 0 Å². The van der Waals surface area contributed by atoms with Gasteiger partial charge in [0.2, 0.25) is 0 Å². The fourth-order valence-electron chi connectivity index (χ4n) is 1.70. The van der Waals surface area contributed by atoms with E-state index >= 15 is 0 Å². The molecule has 3 nitrogen and oxygen atoms in total. The summed E-state index contributed by atoms with van der Waals surface area (Å²) < 4.78 is 4.85. The summed E-state index contributed by atoms with van der Waals surface area (Å²) in [5.41, 5.74) is -0.459. The molecule has 0 aromatic rings. The van der Waals surface area contributed by atoms with E-state index < -0.39 is 5.54 Å². The monoisotopic (exact) mass is 201 g/mol. The summed E-state index contributed by atoms with van der Waals surface area (Å²) >= 11 is 0. The van der Waals surface area contributed by atoms with Crippen LogP contribution in [0.1, 0.15) is 46.5 Å². The number of ether oxygens (including phenoxy) is 1. The summed E-state index contributed by atoms with van der Waals surface area (Å²) in [6, 6.07) is 0. The number of carbonyl (C=O) groups excluding carboxylic acids is 1. The van der Waals surface area contributed by atoms with Gasteiger partial charge in [-0.25, -0.2) is 0 Å². The summed E-state index contributed by atoms with van der Waals surface area (Å²) in [6.45, 7) is 7.07. The van der Waals surface area contributed by atoms with E-state index in [0.717, 1.165) is 32.2 Å². The van der Waals surface area contributed by atoms with E-state index in [1.807, 2.05) is 6.92 Å². The van der Waals surface area contributed by atoms with Crippen molar-refractivity contribution in [2.45, 2.75) is 52.0 Å². The van der Waals surface area contributed by atoms with Crippen molar-refractivity contribution in [3.05, 3.63) is 0 Å². The Hall–Kier alpha value is -0.570. The van der Waals surface area contributed by atoms with Crippen LogP contribution in [0.4, 0.5) is 0 Å². The smallest absolute Gasteiger partial charge is 0.326 e. The highest BCUT2D eigenvalue weighted by Gasteiger charge is 2.35. The van der Waals surface area contributed by atoms with E-state index in [2.05, 4.69) is 19.2 Å². The normalized spacial score (nSPS) is 14.9. The molecule has 0 radical (unpaired) electrons. The molecule has 0 aliphatic heterocycles. The predicted molar refractivity (Wildman–Crippen MR) is 58.2 cm³/mol. The molecular weight excluding hydrogens is 178 g/mol. The van der Waals surface area contributed by atoms with Crippen molar-refractivity contribution in [3.63, 3.8) is 0 Å². The number of carbonyl (C=O) groups is 1. The highest BCUT2D eigenvalue weighted by Crippen LogP contribution is 2.19. The predicted octanol–water partition coefficient (Wildman–Crippen LogP) is 2.11. The maximum absolute atomic E-state index is 11.7. The fraction of sp³-hybridized carbons (Fsp3) is 0.909. The van der Waals surface area contributed by atoms with Gasteiger partial charge in [-0.15, -0.1) is 0 Å². The fourth-order valence-corrected chi connectivity index (χ4v) is 1.70. The Morgan fingerprint density at radius 1 is 1.29 bits per heavy atom. The standard InChI is InChI=1S/C11H23NO2/c1-5-8-11(7-3,10(13)14-4)12-9-6-2/h12H,5-9H2,1-4H3. The Kier molecular flexibility index (Phi) is 6.54. The molecule has 0 heterocycles. The second-order valence-corrected chi connectivity index (χ2v) is 3.60. The van der Waals surface area contributed by atoms with Crippen LogP contribution in [0.5, 0.6) is 0 Å². The molecule has 0 aromatic carbocycles. The highest BCUT2D eigenvalue weighted by molar-refractivity contribution is 5.80. The van der Waals surface area contributed by atoms with Gasteiger partial charge in [0.1, 0.15) is 5.54 Å². The Morgan fingerprint density at radius 3 is 2.29 bits per heavy atom. The Labute approximate surface area is 87.2 Å². The molecule has 0 aromatic heterocycles. The minimum absolute atomic E-state index is 0.129. The van der Waals surface area contributed by atoms with Crippen LogP contribution in [0, 0.1) is 0 Å². The first-order valence-electron chi connectivity index (χ1n) is 5.50. The second-order valence-electron chi connectivity index (χ2n) is 3.60. The largest absolute Gasteiger partial charge is 0.468 e. The number of nitrogens with one attached hydrogen (secondary N) is 1. The third kappa shape index (κ3) is 3.29. The number of hydrogen-bond donors (Lipinski definition) is 1. The molecule has 0 amide bonds. The Bertz CT molecular complexity index is 171. The minimum atomic E-state index is -0.459. The topological polar surface area (TPSA) is 38.3 Å². The van der Waals surface area contributed by atoms with Gasteiger partial charge in [-0.1, -0.05) is 27.2 Å². The number of rotatable bonds is 7. The summed E-state index contributed by atoms with van der Waals surface area (Å²) in [5.74, 6) is -0.129. The van der Waals surface area contributed by atoms with Gasteiger partial charge >= 0.3 is 5.97 Å². The zero-order valence-electron chi connectivity index (χ0n) is 9.85. The molecule has 3 heteroatoms.